The van der Waals surface area contributed by atoms with E-state index in [9.17, 15) is 18.4 Å². The summed E-state index contributed by atoms with van der Waals surface area (Å²) in [4.78, 5) is 24.3. The Bertz CT molecular complexity index is 737. The van der Waals surface area contributed by atoms with Gasteiger partial charge in [0, 0.05) is 6.07 Å². The van der Waals surface area contributed by atoms with Crippen molar-refractivity contribution in [2.45, 2.75) is 19.6 Å². The second-order valence-corrected chi connectivity index (χ2v) is 5.02. The van der Waals surface area contributed by atoms with E-state index in [4.69, 9.17) is 9.84 Å². The molecular formula is C17H15F2NO4. The first-order valence-electron chi connectivity index (χ1n) is 7.08. The van der Waals surface area contributed by atoms with Gasteiger partial charge in [0.1, 0.15) is 12.6 Å². The number of rotatable bonds is 5. The van der Waals surface area contributed by atoms with E-state index >= 15 is 0 Å². The summed E-state index contributed by atoms with van der Waals surface area (Å²) in [7, 11) is 0. The van der Waals surface area contributed by atoms with Gasteiger partial charge in [-0.15, -0.1) is 0 Å². The predicted octanol–water partition coefficient (Wildman–Crippen LogP) is 3.58. The predicted molar refractivity (Wildman–Crippen MR) is 82.6 cm³/mol. The van der Waals surface area contributed by atoms with Crippen molar-refractivity contribution < 1.29 is 28.2 Å². The summed E-state index contributed by atoms with van der Waals surface area (Å²) < 4.78 is 31.6. The molecule has 1 N–H and O–H groups in total. The summed E-state index contributed by atoms with van der Waals surface area (Å²) in [6.07, 6.45) is -0.972. The largest absolute Gasteiger partial charge is 0.480 e. The summed E-state index contributed by atoms with van der Waals surface area (Å²) >= 11 is 0. The Morgan fingerprint density at radius 2 is 1.79 bits per heavy atom. The number of amides is 1. The number of halogens is 2. The molecule has 0 aliphatic carbocycles. The molecule has 2 aromatic rings. The van der Waals surface area contributed by atoms with Crippen LogP contribution >= 0.6 is 0 Å². The molecule has 0 radical (unpaired) electrons. The van der Waals surface area contributed by atoms with Crippen LogP contribution in [-0.4, -0.2) is 23.2 Å². The first-order chi connectivity index (χ1) is 11.4. The maximum atomic E-state index is 13.4. The molecule has 5 nitrogen and oxygen atoms in total. The summed E-state index contributed by atoms with van der Waals surface area (Å²) in [6, 6.07) is 10.1. The number of hydrogen-bond acceptors (Lipinski definition) is 3. The highest BCUT2D eigenvalue weighted by molar-refractivity contribution is 5.94. The number of anilines is 1. The fourth-order valence-corrected chi connectivity index (χ4v) is 2.02. The number of carbonyl (C=O) groups excluding carboxylic acids is 1. The summed E-state index contributed by atoms with van der Waals surface area (Å²) in [5.41, 5.74) is 0.598. The molecule has 126 valence electrons. The standard InChI is InChI=1S/C17H15F2NO4/c1-11(16(21)22)20(13-7-8-14(18)15(19)9-13)17(23)24-10-12-5-3-2-4-6-12/h2-9,11H,10H2,1H3,(H,21,22). The Morgan fingerprint density at radius 1 is 1.12 bits per heavy atom. The molecule has 0 spiro atoms. The van der Waals surface area contributed by atoms with E-state index in [1.165, 1.54) is 6.92 Å². The van der Waals surface area contributed by atoms with Crippen LogP contribution in [0.4, 0.5) is 19.3 Å². The van der Waals surface area contributed by atoms with Crippen LogP contribution < -0.4 is 4.90 Å². The Kier molecular flexibility index (Phi) is 5.47. The van der Waals surface area contributed by atoms with Crippen LogP contribution in [0.5, 0.6) is 0 Å². The molecule has 1 atom stereocenters. The number of ether oxygens (including phenoxy) is 1. The van der Waals surface area contributed by atoms with Gasteiger partial charge in [-0.2, -0.15) is 0 Å². The minimum Gasteiger partial charge on any atom is -0.480 e. The minimum absolute atomic E-state index is 0.0772. The molecule has 2 rings (SSSR count). The van der Waals surface area contributed by atoms with Crippen LogP contribution in [0.15, 0.2) is 48.5 Å². The molecule has 24 heavy (non-hydrogen) atoms. The van der Waals surface area contributed by atoms with Gasteiger partial charge in [0.25, 0.3) is 0 Å². The fraction of sp³-hybridized carbons (Fsp3) is 0.176. The number of carboxylic acids is 1. The summed E-state index contributed by atoms with van der Waals surface area (Å²) in [6.45, 7) is 1.17. The normalized spacial score (nSPS) is 11.6. The van der Waals surface area contributed by atoms with Crippen molar-refractivity contribution in [1.29, 1.82) is 0 Å². The first kappa shape index (κ1) is 17.4. The molecule has 1 amide bonds. The number of nitrogens with zero attached hydrogens (tertiary/aromatic N) is 1. The number of aliphatic carboxylic acids is 1. The lowest BCUT2D eigenvalue weighted by Gasteiger charge is -2.26. The van der Waals surface area contributed by atoms with Gasteiger partial charge in [0.2, 0.25) is 0 Å². The van der Waals surface area contributed by atoms with E-state index in [2.05, 4.69) is 0 Å². The van der Waals surface area contributed by atoms with Crippen molar-refractivity contribution in [3.05, 3.63) is 65.7 Å². The zero-order chi connectivity index (χ0) is 17.7. The molecule has 7 heteroatoms. The van der Waals surface area contributed by atoms with Crippen molar-refractivity contribution in [2.24, 2.45) is 0 Å². The third-order valence-electron chi connectivity index (χ3n) is 3.33. The number of carboxylic acid groups (broad SMARTS) is 1. The zero-order valence-corrected chi connectivity index (χ0v) is 12.8. The van der Waals surface area contributed by atoms with Gasteiger partial charge < -0.3 is 9.84 Å². The van der Waals surface area contributed by atoms with Gasteiger partial charge in [0.15, 0.2) is 11.6 Å². The van der Waals surface area contributed by atoms with E-state index in [1.54, 1.807) is 30.3 Å². The Labute approximate surface area is 137 Å². The highest BCUT2D eigenvalue weighted by atomic mass is 19.2. The lowest BCUT2D eigenvalue weighted by Crippen LogP contribution is -2.43. The van der Waals surface area contributed by atoms with Crippen LogP contribution in [0.2, 0.25) is 0 Å². The topological polar surface area (TPSA) is 66.8 Å². The minimum atomic E-state index is -1.32. The molecule has 0 heterocycles. The van der Waals surface area contributed by atoms with Crippen LogP contribution in [0.25, 0.3) is 0 Å². The number of carbonyl (C=O) groups is 2. The highest BCUT2D eigenvalue weighted by Gasteiger charge is 2.29. The van der Waals surface area contributed by atoms with Gasteiger partial charge in [-0.05, 0) is 24.6 Å². The number of hydrogen-bond donors (Lipinski definition) is 1. The van der Waals surface area contributed by atoms with Crippen molar-refractivity contribution in [2.75, 3.05) is 4.90 Å². The van der Waals surface area contributed by atoms with Crippen molar-refractivity contribution >= 4 is 17.7 Å². The third-order valence-corrected chi connectivity index (χ3v) is 3.33. The zero-order valence-electron chi connectivity index (χ0n) is 12.8. The summed E-state index contributed by atoms with van der Waals surface area (Å²) in [5, 5.41) is 9.15. The average Bonchev–Trinajstić information content (AvgIpc) is 2.57. The first-order valence-corrected chi connectivity index (χ1v) is 7.08. The quantitative estimate of drug-likeness (QED) is 0.907. The molecule has 0 saturated heterocycles. The molecule has 1 unspecified atom stereocenters. The highest BCUT2D eigenvalue weighted by Crippen LogP contribution is 2.22. The van der Waals surface area contributed by atoms with Gasteiger partial charge in [-0.3, -0.25) is 4.90 Å². The van der Waals surface area contributed by atoms with E-state index in [0.717, 1.165) is 23.1 Å². The van der Waals surface area contributed by atoms with Crippen molar-refractivity contribution in [1.82, 2.24) is 0 Å². The molecule has 0 fully saturated rings. The third kappa shape index (κ3) is 4.07. The van der Waals surface area contributed by atoms with Gasteiger partial charge >= 0.3 is 12.1 Å². The van der Waals surface area contributed by atoms with Crippen LogP contribution in [0.3, 0.4) is 0 Å². The van der Waals surface area contributed by atoms with Crippen molar-refractivity contribution in [3.8, 4) is 0 Å². The van der Waals surface area contributed by atoms with Crippen LogP contribution in [0, 0.1) is 11.6 Å². The SMILES string of the molecule is CC(C(=O)O)N(C(=O)OCc1ccccc1)c1ccc(F)c(F)c1. The second-order valence-electron chi connectivity index (χ2n) is 5.02. The lowest BCUT2D eigenvalue weighted by molar-refractivity contribution is -0.138. The second kappa shape index (κ2) is 7.54. The molecule has 0 saturated carbocycles. The smallest absolute Gasteiger partial charge is 0.415 e. The van der Waals surface area contributed by atoms with E-state index < -0.39 is 29.7 Å². The van der Waals surface area contributed by atoms with Crippen molar-refractivity contribution in [3.63, 3.8) is 0 Å². The van der Waals surface area contributed by atoms with Gasteiger partial charge in [-0.25, -0.2) is 18.4 Å². The molecule has 2 aromatic carbocycles. The molecule has 0 aliphatic heterocycles. The van der Waals surface area contributed by atoms with Crippen LogP contribution in [0.1, 0.15) is 12.5 Å². The lowest BCUT2D eigenvalue weighted by atomic mass is 10.2. The Morgan fingerprint density at radius 3 is 2.38 bits per heavy atom. The van der Waals surface area contributed by atoms with E-state index in [0.29, 0.717) is 5.56 Å². The summed E-state index contributed by atoms with van der Waals surface area (Å²) in [5.74, 6) is -3.60. The monoisotopic (exact) mass is 335 g/mol. The molecule has 0 aliphatic rings. The maximum Gasteiger partial charge on any atom is 0.415 e. The molecule has 0 aromatic heterocycles. The van der Waals surface area contributed by atoms with Gasteiger partial charge in [-0.1, -0.05) is 30.3 Å². The van der Waals surface area contributed by atoms with E-state index in [-0.39, 0.29) is 12.3 Å². The van der Waals surface area contributed by atoms with Crippen LogP contribution in [-0.2, 0) is 16.1 Å². The average molecular weight is 335 g/mol. The number of benzene rings is 2. The van der Waals surface area contributed by atoms with Gasteiger partial charge in [0.05, 0.1) is 5.69 Å². The maximum absolute atomic E-state index is 13.4. The van der Waals surface area contributed by atoms with E-state index in [1.807, 2.05) is 0 Å². The molecule has 0 bridgehead atoms. The fourth-order valence-electron chi connectivity index (χ4n) is 2.02. The molecular weight excluding hydrogens is 320 g/mol. The Balaban J connectivity index is 2.23. The Hall–Kier alpha value is -2.96.